The number of anilines is 1. The Hall–Kier alpha value is -4.05. The van der Waals surface area contributed by atoms with Crippen LogP contribution in [0.5, 0.6) is 11.5 Å². The summed E-state index contributed by atoms with van der Waals surface area (Å²) < 4.78 is 40.1. The van der Waals surface area contributed by atoms with Gasteiger partial charge in [0.15, 0.2) is 0 Å². The molecule has 10 heteroatoms. The Balaban J connectivity index is 2.06. The SMILES string of the molecule is CCOc1ccc(S(=O)(=O)N(CC(=O)N(Cc2cccc(OC)c2)[C@@H](CC)C(=O)N[C@H](C)CC)c2ccc(C)cc2)cc1. The zero-order valence-corrected chi connectivity index (χ0v) is 26.7. The molecule has 0 aliphatic heterocycles. The van der Waals surface area contributed by atoms with Crippen molar-refractivity contribution >= 4 is 27.5 Å². The molecule has 2 atom stereocenters. The molecule has 2 amide bonds. The second kappa shape index (κ2) is 15.4. The third-order valence-corrected chi connectivity index (χ3v) is 8.99. The molecule has 3 rings (SSSR count). The summed E-state index contributed by atoms with van der Waals surface area (Å²) in [6, 6.07) is 19.4. The average molecular weight is 610 g/mol. The summed E-state index contributed by atoms with van der Waals surface area (Å²) >= 11 is 0. The van der Waals surface area contributed by atoms with Gasteiger partial charge in [0, 0.05) is 12.6 Å². The molecule has 232 valence electrons. The van der Waals surface area contributed by atoms with E-state index in [-0.39, 0.29) is 23.4 Å². The molecule has 43 heavy (non-hydrogen) atoms. The van der Waals surface area contributed by atoms with E-state index in [1.165, 1.54) is 17.0 Å². The fraction of sp³-hybridized carbons (Fsp3) is 0.394. The summed E-state index contributed by atoms with van der Waals surface area (Å²) in [5.41, 5.74) is 2.03. The Bertz CT molecular complexity index is 1460. The van der Waals surface area contributed by atoms with E-state index >= 15 is 0 Å². The predicted octanol–water partition coefficient (Wildman–Crippen LogP) is 5.32. The van der Waals surface area contributed by atoms with Gasteiger partial charge in [-0.1, -0.05) is 43.7 Å². The highest BCUT2D eigenvalue weighted by Gasteiger charge is 2.34. The molecule has 0 heterocycles. The third kappa shape index (κ3) is 8.73. The number of hydrogen-bond acceptors (Lipinski definition) is 6. The van der Waals surface area contributed by atoms with E-state index in [1.807, 2.05) is 46.8 Å². The van der Waals surface area contributed by atoms with Crippen LogP contribution in [0.25, 0.3) is 0 Å². The molecule has 1 N–H and O–H groups in total. The van der Waals surface area contributed by atoms with Gasteiger partial charge in [-0.25, -0.2) is 8.42 Å². The van der Waals surface area contributed by atoms with Crippen LogP contribution in [0.15, 0.2) is 77.7 Å². The maximum atomic E-state index is 14.2. The number of amides is 2. The first kappa shape index (κ1) is 33.5. The minimum atomic E-state index is -4.18. The fourth-order valence-electron chi connectivity index (χ4n) is 4.57. The van der Waals surface area contributed by atoms with Crippen LogP contribution in [-0.4, -0.2) is 57.5 Å². The van der Waals surface area contributed by atoms with Crippen LogP contribution in [0.2, 0.25) is 0 Å². The summed E-state index contributed by atoms with van der Waals surface area (Å²) in [7, 11) is -2.62. The van der Waals surface area contributed by atoms with Crippen molar-refractivity contribution in [1.29, 1.82) is 0 Å². The van der Waals surface area contributed by atoms with Crippen molar-refractivity contribution < 1.29 is 27.5 Å². The normalized spacial score (nSPS) is 12.6. The lowest BCUT2D eigenvalue weighted by molar-refractivity contribution is -0.140. The molecule has 0 radical (unpaired) electrons. The van der Waals surface area contributed by atoms with Crippen molar-refractivity contribution in [2.24, 2.45) is 0 Å². The Morgan fingerprint density at radius 2 is 1.58 bits per heavy atom. The highest BCUT2D eigenvalue weighted by molar-refractivity contribution is 7.92. The molecule has 3 aromatic carbocycles. The van der Waals surface area contributed by atoms with E-state index in [0.29, 0.717) is 30.2 Å². The average Bonchev–Trinajstić information content (AvgIpc) is 3.00. The lowest BCUT2D eigenvalue weighted by Crippen LogP contribution is -2.53. The second-order valence-electron chi connectivity index (χ2n) is 10.4. The van der Waals surface area contributed by atoms with Crippen molar-refractivity contribution in [2.45, 2.75) is 71.0 Å². The number of nitrogens with one attached hydrogen (secondary N) is 1. The Kier molecular flexibility index (Phi) is 12.0. The number of nitrogens with zero attached hydrogens (tertiary/aromatic N) is 2. The highest BCUT2D eigenvalue weighted by atomic mass is 32.2. The van der Waals surface area contributed by atoms with Gasteiger partial charge in [0.1, 0.15) is 24.1 Å². The maximum absolute atomic E-state index is 14.2. The van der Waals surface area contributed by atoms with Crippen molar-refractivity contribution in [1.82, 2.24) is 10.2 Å². The predicted molar refractivity (Wildman–Crippen MR) is 169 cm³/mol. The summed E-state index contributed by atoms with van der Waals surface area (Å²) in [6.45, 7) is 9.49. The monoisotopic (exact) mass is 609 g/mol. The zero-order valence-electron chi connectivity index (χ0n) is 25.9. The standard InChI is InChI=1S/C33H43N3O6S/c1-7-25(5)34-33(38)31(8-2)35(22-26-11-10-12-29(21-26)41-6)32(37)23-36(27-15-13-24(4)14-16-27)43(39,40)30-19-17-28(18-20-30)42-9-3/h10-21,25,31H,7-9,22-23H2,1-6H3,(H,34,38)/t25-,31+/m1/s1. The van der Waals surface area contributed by atoms with E-state index in [2.05, 4.69) is 5.32 Å². The van der Waals surface area contributed by atoms with Crippen LogP contribution in [0.1, 0.15) is 51.7 Å². The topological polar surface area (TPSA) is 105 Å². The first-order valence-electron chi connectivity index (χ1n) is 14.6. The van der Waals surface area contributed by atoms with Gasteiger partial charge in [0.2, 0.25) is 11.8 Å². The third-order valence-electron chi connectivity index (χ3n) is 7.20. The van der Waals surface area contributed by atoms with Gasteiger partial charge >= 0.3 is 0 Å². The maximum Gasteiger partial charge on any atom is 0.264 e. The van der Waals surface area contributed by atoms with E-state index < -0.39 is 28.5 Å². The van der Waals surface area contributed by atoms with Crippen LogP contribution in [0.4, 0.5) is 5.69 Å². The number of hydrogen-bond donors (Lipinski definition) is 1. The van der Waals surface area contributed by atoms with Crippen molar-refractivity contribution in [3.63, 3.8) is 0 Å². The number of rotatable bonds is 15. The molecule has 9 nitrogen and oxygen atoms in total. The fourth-order valence-corrected chi connectivity index (χ4v) is 5.98. The van der Waals surface area contributed by atoms with Crippen LogP contribution in [0.3, 0.4) is 0 Å². The van der Waals surface area contributed by atoms with Crippen molar-refractivity contribution in [3.8, 4) is 11.5 Å². The molecule has 3 aromatic rings. The van der Waals surface area contributed by atoms with Gasteiger partial charge < -0.3 is 19.7 Å². The van der Waals surface area contributed by atoms with E-state index in [0.717, 1.165) is 21.9 Å². The minimum Gasteiger partial charge on any atom is -0.497 e. The van der Waals surface area contributed by atoms with Gasteiger partial charge in [0.05, 0.1) is 24.3 Å². The Morgan fingerprint density at radius 1 is 0.907 bits per heavy atom. The molecule has 0 saturated heterocycles. The zero-order chi connectivity index (χ0) is 31.6. The van der Waals surface area contributed by atoms with Gasteiger partial charge in [-0.05, 0) is 87.7 Å². The van der Waals surface area contributed by atoms with E-state index in [9.17, 15) is 18.0 Å². The number of carbonyl (C=O) groups is 2. The quantitative estimate of drug-likeness (QED) is 0.250. The number of methoxy groups -OCH3 is 1. The van der Waals surface area contributed by atoms with Crippen molar-refractivity contribution in [3.05, 3.63) is 83.9 Å². The molecular weight excluding hydrogens is 566 g/mol. The minimum absolute atomic E-state index is 0.0187. The largest absolute Gasteiger partial charge is 0.497 e. The lowest BCUT2D eigenvalue weighted by Gasteiger charge is -2.33. The van der Waals surface area contributed by atoms with Crippen LogP contribution in [0, 0.1) is 6.92 Å². The Morgan fingerprint density at radius 3 is 2.16 bits per heavy atom. The number of ether oxygens (including phenoxy) is 2. The van der Waals surface area contributed by atoms with Gasteiger partial charge in [0.25, 0.3) is 10.0 Å². The molecular formula is C33H43N3O6S. The van der Waals surface area contributed by atoms with Crippen LogP contribution in [-0.2, 0) is 26.2 Å². The molecule has 0 unspecified atom stereocenters. The molecule has 0 bridgehead atoms. The second-order valence-corrected chi connectivity index (χ2v) is 12.2. The lowest BCUT2D eigenvalue weighted by atomic mass is 10.1. The van der Waals surface area contributed by atoms with Gasteiger partial charge in [-0.15, -0.1) is 0 Å². The van der Waals surface area contributed by atoms with E-state index in [1.54, 1.807) is 55.6 Å². The molecule has 0 aliphatic rings. The van der Waals surface area contributed by atoms with Gasteiger partial charge in [-0.3, -0.25) is 13.9 Å². The van der Waals surface area contributed by atoms with Crippen LogP contribution >= 0.6 is 0 Å². The Labute approximate surface area is 255 Å². The number of benzene rings is 3. The molecule has 0 fully saturated rings. The molecule has 0 spiro atoms. The number of carbonyl (C=O) groups excluding carboxylic acids is 2. The van der Waals surface area contributed by atoms with Gasteiger partial charge in [-0.2, -0.15) is 0 Å². The summed E-state index contributed by atoms with van der Waals surface area (Å²) in [4.78, 5) is 29.1. The molecule has 0 aliphatic carbocycles. The molecule has 0 saturated carbocycles. The number of sulfonamides is 1. The van der Waals surface area contributed by atoms with E-state index in [4.69, 9.17) is 9.47 Å². The molecule has 0 aromatic heterocycles. The smallest absolute Gasteiger partial charge is 0.264 e. The first-order valence-corrected chi connectivity index (χ1v) is 16.0. The van der Waals surface area contributed by atoms with Crippen LogP contribution < -0.4 is 19.1 Å². The number of aryl methyl sites for hydroxylation is 1. The highest BCUT2D eigenvalue weighted by Crippen LogP contribution is 2.27. The first-order chi connectivity index (χ1) is 20.5. The summed E-state index contributed by atoms with van der Waals surface area (Å²) in [5, 5.41) is 2.99. The summed E-state index contributed by atoms with van der Waals surface area (Å²) in [5.74, 6) is 0.358. The van der Waals surface area contributed by atoms with Crippen molar-refractivity contribution in [2.75, 3.05) is 24.6 Å². The summed E-state index contributed by atoms with van der Waals surface area (Å²) in [6.07, 6.45) is 1.07.